The number of rotatable bonds is 2. The minimum Gasteiger partial charge on any atom is -0.255 e. The van der Waals surface area contributed by atoms with E-state index in [0.29, 0.717) is 0 Å². The van der Waals surface area contributed by atoms with Crippen LogP contribution in [0.1, 0.15) is 36.9 Å². The van der Waals surface area contributed by atoms with Gasteiger partial charge in [0, 0.05) is 10.7 Å². The monoisotopic (exact) mass is 263 g/mol. The molecule has 1 aromatic rings. The molecule has 1 heterocycles. The van der Waals surface area contributed by atoms with Crippen molar-refractivity contribution in [2.24, 2.45) is 5.92 Å². The zero-order valence-corrected chi connectivity index (χ0v) is 10.3. The standard InChI is InChI=1S/C13H14BrN/c14-12-7-11-5-4-10(13(11)15-8-12)6-9-2-1-3-9/h4,7-9H,1-3,5-6H2. The highest BCUT2D eigenvalue weighted by molar-refractivity contribution is 9.10. The van der Waals surface area contributed by atoms with Gasteiger partial charge in [-0.2, -0.15) is 0 Å². The Kier molecular flexibility index (Phi) is 2.39. The summed E-state index contributed by atoms with van der Waals surface area (Å²) in [7, 11) is 0. The summed E-state index contributed by atoms with van der Waals surface area (Å²) in [4.78, 5) is 4.54. The summed E-state index contributed by atoms with van der Waals surface area (Å²) < 4.78 is 1.10. The average Bonchev–Trinajstić information content (AvgIpc) is 2.54. The van der Waals surface area contributed by atoms with Crippen LogP contribution in [0.2, 0.25) is 0 Å². The van der Waals surface area contributed by atoms with Crippen LogP contribution in [0.25, 0.3) is 5.57 Å². The van der Waals surface area contributed by atoms with E-state index >= 15 is 0 Å². The van der Waals surface area contributed by atoms with Crippen LogP contribution < -0.4 is 0 Å². The van der Waals surface area contributed by atoms with Gasteiger partial charge in [-0.1, -0.05) is 25.3 Å². The Labute approximate surface area is 98.7 Å². The molecular formula is C13H14BrN. The maximum atomic E-state index is 4.54. The van der Waals surface area contributed by atoms with Gasteiger partial charge in [0.2, 0.25) is 0 Å². The van der Waals surface area contributed by atoms with Crippen LogP contribution in [0, 0.1) is 5.92 Å². The van der Waals surface area contributed by atoms with E-state index in [0.717, 1.165) is 16.8 Å². The predicted molar refractivity (Wildman–Crippen MR) is 65.6 cm³/mol. The maximum absolute atomic E-state index is 4.54. The first-order valence-corrected chi connectivity index (χ1v) is 6.46. The molecule has 2 aliphatic carbocycles. The largest absolute Gasteiger partial charge is 0.255 e. The van der Waals surface area contributed by atoms with Gasteiger partial charge >= 0.3 is 0 Å². The van der Waals surface area contributed by atoms with Gasteiger partial charge in [-0.15, -0.1) is 0 Å². The fourth-order valence-electron chi connectivity index (χ4n) is 2.44. The van der Waals surface area contributed by atoms with Gasteiger partial charge in [-0.3, -0.25) is 4.98 Å². The van der Waals surface area contributed by atoms with Gasteiger partial charge in [-0.05, 0) is 51.9 Å². The Bertz CT molecular complexity index is 419. The molecule has 0 radical (unpaired) electrons. The molecule has 0 N–H and O–H groups in total. The number of fused-ring (bicyclic) bond motifs is 1. The van der Waals surface area contributed by atoms with Gasteiger partial charge in [0.15, 0.2) is 0 Å². The van der Waals surface area contributed by atoms with Crippen molar-refractivity contribution in [1.29, 1.82) is 0 Å². The topological polar surface area (TPSA) is 12.9 Å². The number of nitrogens with zero attached hydrogens (tertiary/aromatic N) is 1. The Morgan fingerprint density at radius 2 is 2.27 bits per heavy atom. The number of hydrogen-bond acceptors (Lipinski definition) is 1. The van der Waals surface area contributed by atoms with Gasteiger partial charge in [0.05, 0.1) is 5.69 Å². The summed E-state index contributed by atoms with van der Waals surface area (Å²) in [5.41, 5.74) is 4.13. The zero-order valence-electron chi connectivity index (χ0n) is 8.67. The first kappa shape index (κ1) is 9.59. The molecule has 0 unspecified atom stereocenters. The summed E-state index contributed by atoms with van der Waals surface area (Å²) in [5, 5.41) is 0. The molecule has 0 aliphatic heterocycles. The summed E-state index contributed by atoms with van der Waals surface area (Å²) >= 11 is 3.47. The Hall–Kier alpha value is -0.630. The molecule has 2 aliphatic rings. The van der Waals surface area contributed by atoms with Crippen molar-refractivity contribution in [2.45, 2.75) is 32.1 Å². The van der Waals surface area contributed by atoms with Crippen molar-refractivity contribution in [3.05, 3.63) is 34.1 Å². The van der Waals surface area contributed by atoms with Crippen molar-refractivity contribution in [3.8, 4) is 0 Å². The molecule has 1 nitrogen and oxygen atoms in total. The molecule has 0 amide bonds. The minimum atomic E-state index is 0.938. The molecular weight excluding hydrogens is 250 g/mol. The van der Waals surface area contributed by atoms with Gasteiger partial charge < -0.3 is 0 Å². The fraction of sp³-hybridized carbons (Fsp3) is 0.462. The molecule has 0 aromatic carbocycles. The van der Waals surface area contributed by atoms with E-state index in [1.807, 2.05) is 6.20 Å². The molecule has 2 heteroatoms. The normalized spacial score (nSPS) is 19.7. The molecule has 15 heavy (non-hydrogen) atoms. The third-order valence-electron chi connectivity index (χ3n) is 3.54. The smallest absolute Gasteiger partial charge is 0.0694 e. The van der Waals surface area contributed by atoms with Crippen molar-refractivity contribution < 1.29 is 0 Å². The molecule has 1 saturated carbocycles. The van der Waals surface area contributed by atoms with Crippen LogP contribution in [0.15, 0.2) is 22.8 Å². The van der Waals surface area contributed by atoms with Gasteiger partial charge in [0.25, 0.3) is 0 Å². The lowest BCUT2D eigenvalue weighted by Gasteiger charge is -2.25. The van der Waals surface area contributed by atoms with E-state index in [2.05, 4.69) is 33.1 Å². The number of halogens is 1. The second-order valence-corrected chi connectivity index (χ2v) is 5.51. The molecule has 1 fully saturated rings. The second-order valence-electron chi connectivity index (χ2n) is 4.60. The van der Waals surface area contributed by atoms with Crippen LogP contribution in [-0.4, -0.2) is 4.98 Å². The molecule has 0 saturated heterocycles. The van der Waals surface area contributed by atoms with E-state index in [1.165, 1.54) is 42.5 Å². The van der Waals surface area contributed by atoms with Gasteiger partial charge in [-0.25, -0.2) is 0 Å². The van der Waals surface area contributed by atoms with Crippen LogP contribution >= 0.6 is 15.9 Å². The highest BCUT2D eigenvalue weighted by Crippen LogP contribution is 2.38. The van der Waals surface area contributed by atoms with Crippen LogP contribution in [-0.2, 0) is 6.42 Å². The molecule has 0 atom stereocenters. The van der Waals surface area contributed by atoms with E-state index < -0.39 is 0 Å². The SMILES string of the molecule is Brc1cnc2c(c1)CC=C2CC1CCC1. The number of hydrogen-bond donors (Lipinski definition) is 0. The quantitative estimate of drug-likeness (QED) is 0.787. The lowest BCUT2D eigenvalue weighted by Crippen LogP contribution is -2.11. The fourth-order valence-corrected chi connectivity index (χ4v) is 2.82. The maximum Gasteiger partial charge on any atom is 0.0694 e. The van der Waals surface area contributed by atoms with Gasteiger partial charge in [0.1, 0.15) is 0 Å². The number of allylic oxidation sites excluding steroid dienone is 2. The van der Waals surface area contributed by atoms with E-state index in [4.69, 9.17) is 0 Å². The van der Waals surface area contributed by atoms with Crippen molar-refractivity contribution in [3.63, 3.8) is 0 Å². The summed E-state index contributed by atoms with van der Waals surface area (Å²) in [6.45, 7) is 0. The highest BCUT2D eigenvalue weighted by Gasteiger charge is 2.23. The van der Waals surface area contributed by atoms with E-state index in [1.54, 1.807) is 0 Å². The lowest BCUT2D eigenvalue weighted by molar-refractivity contribution is 0.323. The molecule has 0 bridgehead atoms. The highest BCUT2D eigenvalue weighted by atomic mass is 79.9. The lowest BCUT2D eigenvalue weighted by atomic mass is 9.80. The average molecular weight is 264 g/mol. The van der Waals surface area contributed by atoms with Crippen LogP contribution in [0.5, 0.6) is 0 Å². The Balaban J connectivity index is 1.83. The summed E-state index contributed by atoms with van der Waals surface area (Å²) in [6, 6.07) is 2.20. The number of pyridine rings is 1. The minimum absolute atomic E-state index is 0.938. The Morgan fingerprint density at radius 3 is 3.00 bits per heavy atom. The molecule has 1 aromatic heterocycles. The van der Waals surface area contributed by atoms with Crippen molar-refractivity contribution in [1.82, 2.24) is 4.98 Å². The van der Waals surface area contributed by atoms with E-state index in [9.17, 15) is 0 Å². The third kappa shape index (κ3) is 1.76. The first-order valence-electron chi connectivity index (χ1n) is 5.67. The summed E-state index contributed by atoms with van der Waals surface area (Å²) in [5.74, 6) is 0.938. The summed E-state index contributed by atoms with van der Waals surface area (Å²) in [6.07, 6.45) is 10.9. The number of aromatic nitrogens is 1. The van der Waals surface area contributed by atoms with Crippen molar-refractivity contribution in [2.75, 3.05) is 0 Å². The molecule has 3 rings (SSSR count). The first-order chi connectivity index (χ1) is 7.33. The third-order valence-corrected chi connectivity index (χ3v) is 3.97. The van der Waals surface area contributed by atoms with Crippen molar-refractivity contribution >= 4 is 21.5 Å². The zero-order chi connectivity index (χ0) is 10.3. The van der Waals surface area contributed by atoms with Crippen LogP contribution in [0.3, 0.4) is 0 Å². The second kappa shape index (κ2) is 3.75. The molecule has 78 valence electrons. The van der Waals surface area contributed by atoms with Crippen LogP contribution in [0.4, 0.5) is 0 Å². The Morgan fingerprint density at radius 1 is 1.40 bits per heavy atom. The predicted octanol–water partition coefficient (Wildman–Crippen LogP) is 3.97. The molecule has 0 spiro atoms. The van der Waals surface area contributed by atoms with E-state index in [-0.39, 0.29) is 0 Å².